The number of rotatable bonds is 5. The second-order valence-electron chi connectivity index (χ2n) is 5.11. The molecule has 2 N–H and O–H groups in total. The molecule has 2 aromatic carbocycles. The van der Waals surface area contributed by atoms with E-state index < -0.39 is 15.8 Å². The van der Waals surface area contributed by atoms with Crippen LogP contribution < -0.4 is 14.8 Å². The lowest BCUT2D eigenvalue weighted by Crippen LogP contribution is -2.15. The fraction of sp³-hybridized carbons (Fsp3) is 0.188. The zero-order chi connectivity index (χ0) is 17.9. The summed E-state index contributed by atoms with van der Waals surface area (Å²) in [7, 11) is -2.58. The van der Waals surface area contributed by atoms with Crippen molar-refractivity contribution in [2.75, 3.05) is 17.1 Å². The number of hydrogen-bond donors (Lipinski definition) is 2. The molecule has 2 rings (SSSR count). The van der Waals surface area contributed by atoms with Crippen LogP contribution in [0.5, 0.6) is 5.75 Å². The maximum absolute atomic E-state index is 13.3. The Balaban J connectivity index is 2.38. The zero-order valence-corrected chi connectivity index (χ0v) is 14.2. The number of ether oxygens (including phenoxy) is 1. The number of carbonyl (C=O) groups excluding carboxylic acids is 1. The van der Waals surface area contributed by atoms with Crippen LogP contribution in [0.1, 0.15) is 12.5 Å². The van der Waals surface area contributed by atoms with Gasteiger partial charge >= 0.3 is 0 Å². The summed E-state index contributed by atoms with van der Waals surface area (Å²) in [6.07, 6.45) is 0. The van der Waals surface area contributed by atoms with Crippen molar-refractivity contribution in [2.24, 2.45) is 0 Å². The molecule has 0 radical (unpaired) electrons. The van der Waals surface area contributed by atoms with Crippen LogP contribution in [0.3, 0.4) is 0 Å². The minimum absolute atomic E-state index is 0.0721. The Kier molecular flexibility index (Phi) is 5.08. The molecule has 0 aliphatic heterocycles. The van der Waals surface area contributed by atoms with Crippen LogP contribution >= 0.6 is 0 Å². The monoisotopic (exact) mass is 352 g/mol. The fourth-order valence-corrected chi connectivity index (χ4v) is 3.18. The largest absolute Gasteiger partial charge is 0.495 e. The van der Waals surface area contributed by atoms with Gasteiger partial charge in [-0.25, -0.2) is 12.8 Å². The fourth-order valence-electron chi connectivity index (χ4n) is 2.04. The number of hydrogen-bond acceptors (Lipinski definition) is 4. The van der Waals surface area contributed by atoms with Gasteiger partial charge in [0.1, 0.15) is 11.6 Å². The van der Waals surface area contributed by atoms with E-state index in [0.29, 0.717) is 11.3 Å². The summed E-state index contributed by atoms with van der Waals surface area (Å²) in [6, 6.07) is 7.86. The minimum atomic E-state index is -3.94. The van der Waals surface area contributed by atoms with E-state index in [9.17, 15) is 17.6 Å². The Morgan fingerprint density at radius 3 is 2.46 bits per heavy atom. The van der Waals surface area contributed by atoms with Crippen molar-refractivity contribution in [1.29, 1.82) is 0 Å². The first kappa shape index (κ1) is 17.7. The van der Waals surface area contributed by atoms with E-state index in [0.717, 1.165) is 6.07 Å². The number of amides is 1. The number of nitrogens with one attached hydrogen (secondary N) is 2. The van der Waals surface area contributed by atoms with Crippen LogP contribution in [0.4, 0.5) is 15.8 Å². The number of halogens is 1. The van der Waals surface area contributed by atoms with E-state index in [-0.39, 0.29) is 22.2 Å². The minimum Gasteiger partial charge on any atom is -0.495 e. The molecule has 1 amide bonds. The number of sulfonamides is 1. The summed E-state index contributed by atoms with van der Waals surface area (Å²) in [6.45, 7) is 3.00. The van der Waals surface area contributed by atoms with Crippen molar-refractivity contribution < 1.29 is 22.3 Å². The molecule has 0 aromatic heterocycles. The van der Waals surface area contributed by atoms with Gasteiger partial charge in [-0.15, -0.1) is 0 Å². The SMILES string of the molecule is COc1cc(S(=O)(=O)Nc2cc(F)ccc2C)ccc1NC(C)=O. The summed E-state index contributed by atoms with van der Waals surface area (Å²) in [4.78, 5) is 11.1. The topological polar surface area (TPSA) is 84.5 Å². The summed E-state index contributed by atoms with van der Waals surface area (Å²) in [5.74, 6) is -0.654. The lowest BCUT2D eigenvalue weighted by molar-refractivity contribution is -0.114. The number of aryl methyl sites for hydroxylation is 1. The maximum Gasteiger partial charge on any atom is 0.262 e. The molecule has 0 saturated heterocycles. The molecule has 2 aromatic rings. The normalized spacial score (nSPS) is 11.0. The highest BCUT2D eigenvalue weighted by Crippen LogP contribution is 2.29. The van der Waals surface area contributed by atoms with Crippen LogP contribution in [0.25, 0.3) is 0 Å². The summed E-state index contributed by atoms with van der Waals surface area (Å²) < 4.78 is 45.8. The molecule has 6 nitrogen and oxygen atoms in total. The van der Waals surface area contributed by atoms with E-state index in [1.165, 1.54) is 44.4 Å². The average Bonchev–Trinajstić information content (AvgIpc) is 2.50. The Hall–Kier alpha value is -2.61. The quantitative estimate of drug-likeness (QED) is 0.866. The van der Waals surface area contributed by atoms with Crippen LogP contribution in [0.2, 0.25) is 0 Å². The first-order valence-corrected chi connectivity index (χ1v) is 8.46. The highest BCUT2D eigenvalue weighted by Gasteiger charge is 2.18. The molecule has 8 heteroatoms. The van der Waals surface area contributed by atoms with Gasteiger partial charge in [0.2, 0.25) is 5.91 Å². The Morgan fingerprint density at radius 2 is 1.83 bits per heavy atom. The van der Waals surface area contributed by atoms with Crippen molar-refractivity contribution >= 4 is 27.3 Å². The Morgan fingerprint density at radius 1 is 1.12 bits per heavy atom. The van der Waals surface area contributed by atoms with Gasteiger partial charge in [0.25, 0.3) is 10.0 Å². The van der Waals surface area contributed by atoms with Crippen LogP contribution in [0, 0.1) is 12.7 Å². The zero-order valence-electron chi connectivity index (χ0n) is 13.4. The first-order valence-electron chi connectivity index (χ1n) is 6.97. The van der Waals surface area contributed by atoms with Crippen LogP contribution in [0.15, 0.2) is 41.3 Å². The standard InChI is InChI=1S/C16H17FN2O4S/c1-10-4-5-12(17)8-15(10)19-24(21,22)13-6-7-14(18-11(2)20)16(9-13)23-3/h4-9,19H,1-3H3,(H,18,20). The molecule has 0 aliphatic carbocycles. The van der Waals surface area contributed by atoms with Crippen LogP contribution in [-0.4, -0.2) is 21.4 Å². The second kappa shape index (κ2) is 6.88. The van der Waals surface area contributed by atoms with Gasteiger partial charge in [-0.2, -0.15) is 0 Å². The van der Waals surface area contributed by atoms with Crippen LogP contribution in [-0.2, 0) is 14.8 Å². The van der Waals surface area contributed by atoms with Crippen molar-refractivity contribution in [1.82, 2.24) is 0 Å². The summed E-state index contributed by atoms with van der Waals surface area (Å²) in [5, 5.41) is 2.54. The van der Waals surface area contributed by atoms with E-state index in [4.69, 9.17) is 4.74 Å². The van der Waals surface area contributed by atoms with E-state index >= 15 is 0 Å². The molecule has 128 valence electrons. The number of carbonyl (C=O) groups is 1. The van der Waals surface area contributed by atoms with Gasteiger partial charge in [0.15, 0.2) is 0 Å². The molecule has 0 bridgehead atoms. The lowest BCUT2D eigenvalue weighted by Gasteiger charge is -2.13. The molecule has 0 saturated carbocycles. The number of anilines is 2. The summed E-state index contributed by atoms with van der Waals surface area (Å²) in [5.41, 5.74) is 1.09. The van der Waals surface area contributed by atoms with E-state index in [2.05, 4.69) is 10.0 Å². The van der Waals surface area contributed by atoms with Crippen molar-refractivity contribution in [3.8, 4) is 5.75 Å². The van der Waals surface area contributed by atoms with Gasteiger partial charge in [-0.3, -0.25) is 9.52 Å². The predicted molar refractivity (Wildman–Crippen MR) is 89.2 cm³/mol. The average molecular weight is 352 g/mol. The molecule has 0 aliphatic rings. The molecule has 0 unspecified atom stereocenters. The van der Waals surface area contributed by atoms with Crippen molar-refractivity contribution in [2.45, 2.75) is 18.7 Å². The number of methoxy groups -OCH3 is 1. The van der Waals surface area contributed by atoms with Gasteiger partial charge in [-0.05, 0) is 36.8 Å². The molecule has 24 heavy (non-hydrogen) atoms. The molecular formula is C16H17FN2O4S. The van der Waals surface area contributed by atoms with Crippen molar-refractivity contribution in [3.05, 3.63) is 47.8 Å². The molecular weight excluding hydrogens is 335 g/mol. The molecule has 0 spiro atoms. The van der Waals surface area contributed by atoms with E-state index in [1.807, 2.05) is 0 Å². The molecule has 0 fully saturated rings. The maximum atomic E-state index is 13.3. The third-order valence-electron chi connectivity index (χ3n) is 3.24. The Bertz CT molecular complexity index is 882. The van der Waals surface area contributed by atoms with E-state index in [1.54, 1.807) is 6.92 Å². The van der Waals surface area contributed by atoms with Gasteiger partial charge < -0.3 is 10.1 Å². The third-order valence-corrected chi connectivity index (χ3v) is 4.60. The third kappa shape index (κ3) is 4.02. The van der Waals surface area contributed by atoms with Gasteiger partial charge in [0.05, 0.1) is 23.4 Å². The second-order valence-corrected chi connectivity index (χ2v) is 6.79. The lowest BCUT2D eigenvalue weighted by atomic mass is 10.2. The first-order chi connectivity index (χ1) is 11.2. The highest BCUT2D eigenvalue weighted by molar-refractivity contribution is 7.92. The Labute approximate surface area is 139 Å². The molecule has 0 atom stereocenters. The van der Waals surface area contributed by atoms with Gasteiger partial charge in [0, 0.05) is 13.0 Å². The predicted octanol–water partition coefficient (Wildman–Crippen LogP) is 2.90. The molecule has 0 heterocycles. The highest BCUT2D eigenvalue weighted by atomic mass is 32.2. The smallest absolute Gasteiger partial charge is 0.262 e. The van der Waals surface area contributed by atoms with Crippen molar-refractivity contribution in [3.63, 3.8) is 0 Å². The number of benzene rings is 2. The summed E-state index contributed by atoms with van der Waals surface area (Å²) >= 11 is 0. The van der Waals surface area contributed by atoms with Gasteiger partial charge in [-0.1, -0.05) is 6.07 Å².